The molecule has 1 amide bonds. The molecule has 0 aliphatic heterocycles. The van der Waals surface area contributed by atoms with Crippen molar-refractivity contribution < 1.29 is 20.1 Å². The number of allylic oxidation sites excluding steroid dienone is 1. The summed E-state index contributed by atoms with van der Waals surface area (Å²) in [5.74, 6) is -0.0619. The summed E-state index contributed by atoms with van der Waals surface area (Å²) in [6, 6.07) is -0.619. The Labute approximate surface area is 344 Å². The SMILES string of the molecule is CCCCCCCCCCCCC/C=C/[C@@H](O)[C@H](CO)NC(=O)CCCCCCCCCCCCCCCCCCCCCCCCCCCCCCCO. The molecular weight excluding hydrogens is 679 g/mol. The van der Waals surface area contributed by atoms with Crippen LogP contribution in [-0.4, -0.2) is 46.6 Å². The van der Waals surface area contributed by atoms with Crippen molar-refractivity contribution in [3.8, 4) is 0 Å². The molecule has 0 heterocycles. The molecule has 4 N–H and O–H groups in total. The Kier molecular flexibility index (Phi) is 46.7. The highest BCUT2D eigenvalue weighted by molar-refractivity contribution is 5.76. The van der Waals surface area contributed by atoms with Crippen LogP contribution in [0.1, 0.15) is 277 Å². The van der Waals surface area contributed by atoms with Crippen molar-refractivity contribution in [2.75, 3.05) is 13.2 Å². The maximum absolute atomic E-state index is 12.4. The van der Waals surface area contributed by atoms with Crippen molar-refractivity contribution in [3.05, 3.63) is 12.2 Å². The Balaban J connectivity index is 3.40. The molecular formula is C50H99NO4. The van der Waals surface area contributed by atoms with Gasteiger partial charge in [-0.05, 0) is 25.7 Å². The van der Waals surface area contributed by atoms with Crippen molar-refractivity contribution in [1.29, 1.82) is 0 Å². The van der Waals surface area contributed by atoms with E-state index in [2.05, 4.69) is 12.2 Å². The van der Waals surface area contributed by atoms with E-state index in [9.17, 15) is 15.0 Å². The third kappa shape index (κ3) is 44.0. The number of carbonyl (C=O) groups is 1. The van der Waals surface area contributed by atoms with Crippen LogP contribution in [0.5, 0.6) is 0 Å². The predicted octanol–water partition coefficient (Wildman–Crippen LogP) is 14.8. The second kappa shape index (κ2) is 47.5. The summed E-state index contributed by atoms with van der Waals surface area (Å²) < 4.78 is 0. The van der Waals surface area contributed by atoms with Gasteiger partial charge in [-0.15, -0.1) is 0 Å². The Morgan fingerprint density at radius 3 is 1.04 bits per heavy atom. The van der Waals surface area contributed by atoms with E-state index in [0.717, 1.165) is 32.1 Å². The minimum Gasteiger partial charge on any atom is -0.396 e. The summed E-state index contributed by atoms with van der Waals surface area (Å²) in [4.78, 5) is 12.4. The largest absolute Gasteiger partial charge is 0.396 e. The van der Waals surface area contributed by atoms with Crippen LogP contribution in [0.3, 0.4) is 0 Å². The first-order valence-corrected chi connectivity index (χ1v) is 25.0. The number of amides is 1. The van der Waals surface area contributed by atoms with Gasteiger partial charge in [-0.25, -0.2) is 0 Å². The van der Waals surface area contributed by atoms with Gasteiger partial charge in [0.25, 0.3) is 0 Å². The zero-order chi connectivity index (χ0) is 40.0. The molecule has 328 valence electrons. The first kappa shape index (κ1) is 54.1. The lowest BCUT2D eigenvalue weighted by Crippen LogP contribution is -2.45. The van der Waals surface area contributed by atoms with Crippen molar-refractivity contribution in [3.63, 3.8) is 0 Å². The van der Waals surface area contributed by atoms with Crippen LogP contribution in [-0.2, 0) is 4.79 Å². The highest BCUT2D eigenvalue weighted by Gasteiger charge is 2.18. The molecule has 0 bridgehead atoms. The molecule has 0 unspecified atom stereocenters. The van der Waals surface area contributed by atoms with Crippen molar-refractivity contribution in [1.82, 2.24) is 5.32 Å². The van der Waals surface area contributed by atoms with Gasteiger partial charge in [0.2, 0.25) is 5.91 Å². The number of hydrogen-bond acceptors (Lipinski definition) is 4. The summed E-state index contributed by atoms with van der Waals surface area (Å²) in [5.41, 5.74) is 0. The fourth-order valence-electron chi connectivity index (χ4n) is 7.98. The quantitative estimate of drug-likeness (QED) is 0.0366. The fourth-order valence-corrected chi connectivity index (χ4v) is 7.98. The summed E-state index contributed by atoms with van der Waals surface area (Å²) in [6.07, 6.45) is 57.9. The highest BCUT2D eigenvalue weighted by atomic mass is 16.3. The van der Waals surface area contributed by atoms with Gasteiger partial charge in [0.1, 0.15) is 0 Å². The van der Waals surface area contributed by atoms with Crippen LogP contribution in [0.4, 0.5) is 0 Å². The monoisotopic (exact) mass is 778 g/mol. The van der Waals surface area contributed by atoms with Gasteiger partial charge < -0.3 is 20.6 Å². The molecule has 0 aliphatic rings. The van der Waals surface area contributed by atoms with Gasteiger partial charge >= 0.3 is 0 Å². The molecule has 5 heteroatoms. The number of hydrogen-bond donors (Lipinski definition) is 4. The van der Waals surface area contributed by atoms with Gasteiger partial charge in [0, 0.05) is 13.0 Å². The van der Waals surface area contributed by atoms with E-state index in [-0.39, 0.29) is 12.5 Å². The summed E-state index contributed by atoms with van der Waals surface area (Å²) >= 11 is 0. The lowest BCUT2D eigenvalue weighted by molar-refractivity contribution is -0.123. The molecule has 0 aliphatic carbocycles. The van der Waals surface area contributed by atoms with E-state index in [1.807, 2.05) is 6.08 Å². The third-order valence-electron chi connectivity index (χ3n) is 11.8. The maximum Gasteiger partial charge on any atom is 0.220 e. The van der Waals surface area contributed by atoms with Gasteiger partial charge in [0.05, 0.1) is 18.8 Å². The lowest BCUT2D eigenvalue weighted by Gasteiger charge is -2.20. The number of nitrogens with one attached hydrogen (secondary N) is 1. The summed E-state index contributed by atoms with van der Waals surface area (Å²) in [5, 5.41) is 31.8. The molecule has 0 aromatic carbocycles. The number of rotatable bonds is 47. The van der Waals surface area contributed by atoms with Crippen molar-refractivity contribution in [2.45, 2.75) is 289 Å². The van der Waals surface area contributed by atoms with Crippen LogP contribution in [0.2, 0.25) is 0 Å². The second-order valence-corrected chi connectivity index (χ2v) is 17.3. The number of aliphatic hydroxyl groups is 3. The molecule has 0 rings (SSSR count). The summed E-state index contributed by atoms with van der Waals surface area (Å²) in [6.45, 7) is 2.39. The topological polar surface area (TPSA) is 89.8 Å². The zero-order valence-corrected chi connectivity index (χ0v) is 37.2. The van der Waals surface area contributed by atoms with E-state index in [4.69, 9.17) is 5.11 Å². The molecule has 0 radical (unpaired) electrons. The molecule has 0 saturated heterocycles. The van der Waals surface area contributed by atoms with Crippen LogP contribution < -0.4 is 5.32 Å². The molecule has 0 aromatic heterocycles. The Hall–Kier alpha value is -0.910. The Morgan fingerprint density at radius 1 is 0.436 bits per heavy atom. The van der Waals surface area contributed by atoms with Gasteiger partial charge in [-0.3, -0.25) is 4.79 Å². The second-order valence-electron chi connectivity index (χ2n) is 17.3. The number of unbranched alkanes of at least 4 members (excludes halogenated alkanes) is 39. The lowest BCUT2D eigenvalue weighted by atomic mass is 10.0. The van der Waals surface area contributed by atoms with Gasteiger partial charge in [-0.2, -0.15) is 0 Å². The minimum absolute atomic E-state index is 0.0619. The normalized spacial score (nSPS) is 12.9. The zero-order valence-electron chi connectivity index (χ0n) is 37.2. The molecule has 55 heavy (non-hydrogen) atoms. The van der Waals surface area contributed by atoms with E-state index >= 15 is 0 Å². The Morgan fingerprint density at radius 2 is 0.727 bits per heavy atom. The van der Waals surface area contributed by atoms with Crippen LogP contribution in [0.25, 0.3) is 0 Å². The average Bonchev–Trinajstić information content (AvgIpc) is 3.19. The molecule has 5 nitrogen and oxygen atoms in total. The standard InChI is InChI=1S/C50H99NO4/c1-2-3-4-5-6-7-8-26-29-32-35-38-41-44-49(54)48(47-53)51-50(55)45-42-39-36-33-30-27-24-22-20-18-16-14-12-10-9-11-13-15-17-19-21-23-25-28-31-34-37-40-43-46-52/h41,44,48-49,52-54H,2-40,42-43,45-47H2,1H3,(H,51,55)/b44-41+/t48-,49+/m0/s1. The molecule has 2 atom stereocenters. The van der Waals surface area contributed by atoms with E-state index in [1.165, 1.54) is 231 Å². The minimum atomic E-state index is -0.836. The number of carbonyl (C=O) groups excluding carboxylic acids is 1. The Bertz CT molecular complexity index is 758. The molecule has 0 spiro atoms. The first-order chi connectivity index (χ1) is 27.2. The summed E-state index contributed by atoms with van der Waals surface area (Å²) in [7, 11) is 0. The molecule has 0 saturated carbocycles. The predicted molar refractivity (Wildman–Crippen MR) is 241 cm³/mol. The van der Waals surface area contributed by atoms with Gasteiger partial charge in [0.15, 0.2) is 0 Å². The van der Waals surface area contributed by atoms with E-state index in [1.54, 1.807) is 6.08 Å². The average molecular weight is 778 g/mol. The van der Waals surface area contributed by atoms with E-state index < -0.39 is 12.1 Å². The first-order valence-electron chi connectivity index (χ1n) is 25.0. The van der Waals surface area contributed by atoms with Gasteiger partial charge in [-0.1, -0.05) is 257 Å². The van der Waals surface area contributed by atoms with Crippen LogP contribution in [0.15, 0.2) is 12.2 Å². The number of aliphatic hydroxyl groups excluding tert-OH is 3. The fraction of sp³-hybridized carbons (Fsp3) is 0.940. The van der Waals surface area contributed by atoms with E-state index in [0.29, 0.717) is 13.0 Å². The van der Waals surface area contributed by atoms with Crippen LogP contribution in [0, 0.1) is 0 Å². The molecule has 0 fully saturated rings. The third-order valence-corrected chi connectivity index (χ3v) is 11.8. The van der Waals surface area contributed by atoms with Crippen molar-refractivity contribution >= 4 is 5.91 Å². The smallest absolute Gasteiger partial charge is 0.220 e. The highest BCUT2D eigenvalue weighted by Crippen LogP contribution is 2.17. The van der Waals surface area contributed by atoms with Crippen molar-refractivity contribution in [2.24, 2.45) is 0 Å². The maximum atomic E-state index is 12.4. The van der Waals surface area contributed by atoms with Crippen LogP contribution >= 0.6 is 0 Å². The molecule has 0 aromatic rings.